The maximum atomic E-state index is 12.5. The van der Waals surface area contributed by atoms with Crippen molar-refractivity contribution in [2.45, 2.75) is 24.0 Å². The van der Waals surface area contributed by atoms with Crippen LogP contribution in [0.25, 0.3) is 11.3 Å². The maximum Gasteiger partial charge on any atom is 0.238 e. The number of nitrogens with zero attached hydrogens (tertiary/aromatic N) is 2. The highest BCUT2D eigenvalue weighted by molar-refractivity contribution is 9.10. The Morgan fingerprint density at radius 2 is 1.88 bits per heavy atom. The van der Waals surface area contributed by atoms with Gasteiger partial charge in [-0.1, -0.05) is 15.9 Å². The van der Waals surface area contributed by atoms with Crippen molar-refractivity contribution < 1.29 is 4.79 Å². The second-order valence-electron chi connectivity index (χ2n) is 5.51. The van der Waals surface area contributed by atoms with Crippen LogP contribution in [0.3, 0.4) is 0 Å². The standard InChI is InChI=1S/C18H17BrN4OS/c1-11-16(13-7-9-20-10-8-13)22-23-17(11)21-18(24)12(2)25-15-5-3-14(19)4-6-15/h3-10,12H,1-2H3,(H2,21,22,23,24). The number of halogens is 1. The summed E-state index contributed by atoms with van der Waals surface area (Å²) in [7, 11) is 0. The number of hydrogen-bond donors (Lipinski definition) is 2. The molecule has 1 atom stereocenters. The van der Waals surface area contributed by atoms with E-state index in [0.29, 0.717) is 5.82 Å². The van der Waals surface area contributed by atoms with Gasteiger partial charge in [-0.3, -0.25) is 14.9 Å². The molecule has 0 aliphatic rings. The van der Waals surface area contributed by atoms with Crippen molar-refractivity contribution in [3.05, 3.63) is 58.8 Å². The molecule has 0 aliphatic carbocycles. The molecule has 0 aliphatic heterocycles. The van der Waals surface area contributed by atoms with Crippen LogP contribution in [0, 0.1) is 6.92 Å². The van der Waals surface area contributed by atoms with Gasteiger partial charge in [-0.15, -0.1) is 11.8 Å². The van der Waals surface area contributed by atoms with Crippen LogP contribution < -0.4 is 5.32 Å². The molecule has 0 radical (unpaired) electrons. The van der Waals surface area contributed by atoms with E-state index in [9.17, 15) is 4.79 Å². The largest absolute Gasteiger partial charge is 0.308 e. The topological polar surface area (TPSA) is 70.7 Å². The van der Waals surface area contributed by atoms with Gasteiger partial charge in [-0.25, -0.2) is 0 Å². The molecule has 0 fully saturated rings. The molecule has 0 saturated carbocycles. The molecule has 0 bridgehead atoms. The predicted molar refractivity (Wildman–Crippen MR) is 105 cm³/mol. The number of anilines is 1. The lowest BCUT2D eigenvalue weighted by Gasteiger charge is -2.11. The molecule has 0 spiro atoms. The van der Waals surface area contributed by atoms with Crippen LogP contribution in [-0.2, 0) is 4.79 Å². The summed E-state index contributed by atoms with van der Waals surface area (Å²) in [6.07, 6.45) is 3.45. The molecular weight excluding hydrogens is 400 g/mol. The lowest BCUT2D eigenvalue weighted by Crippen LogP contribution is -2.23. The van der Waals surface area contributed by atoms with Gasteiger partial charge < -0.3 is 5.32 Å². The Morgan fingerprint density at radius 1 is 1.20 bits per heavy atom. The number of hydrogen-bond acceptors (Lipinski definition) is 4. The Hall–Kier alpha value is -2.12. The van der Waals surface area contributed by atoms with E-state index in [0.717, 1.165) is 26.2 Å². The number of aromatic nitrogens is 3. The summed E-state index contributed by atoms with van der Waals surface area (Å²) >= 11 is 4.92. The van der Waals surface area contributed by atoms with Gasteiger partial charge in [0.25, 0.3) is 0 Å². The van der Waals surface area contributed by atoms with E-state index >= 15 is 0 Å². The van der Waals surface area contributed by atoms with Gasteiger partial charge in [0.15, 0.2) is 5.82 Å². The van der Waals surface area contributed by atoms with Crippen molar-refractivity contribution in [3.8, 4) is 11.3 Å². The quantitative estimate of drug-likeness (QED) is 0.593. The predicted octanol–water partition coefficient (Wildman–Crippen LogP) is 4.66. The number of carbonyl (C=O) groups excluding carboxylic acids is 1. The fourth-order valence-corrected chi connectivity index (χ4v) is 3.44. The molecule has 7 heteroatoms. The van der Waals surface area contributed by atoms with Gasteiger partial charge in [-0.2, -0.15) is 5.10 Å². The molecule has 3 aromatic rings. The van der Waals surface area contributed by atoms with Crippen LogP contribution in [0.2, 0.25) is 0 Å². The Balaban J connectivity index is 1.68. The van der Waals surface area contributed by atoms with Gasteiger partial charge in [0.2, 0.25) is 5.91 Å². The summed E-state index contributed by atoms with van der Waals surface area (Å²) in [6.45, 7) is 3.81. The molecule has 25 heavy (non-hydrogen) atoms. The fourth-order valence-electron chi connectivity index (χ4n) is 2.31. The second kappa shape index (κ2) is 7.84. The molecule has 1 aromatic carbocycles. The van der Waals surface area contributed by atoms with Crippen LogP contribution in [0.5, 0.6) is 0 Å². The molecule has 2 N–H and O–H groups in total. The smallest absolute Gasteiger partial charge is 0.238 e. The van der Waals surface area contributed by atoms with Crippen LogP contribution in [0.15, 0.2) is 58.2 Å². The summed E-state index contributed by atoms with van der Waals surface area (Å²) in [4.78, 5) is 17.5. The van der Waals surface area contributed by atoms with Crippen molar-refractivity contribution in [2.75, 3.05) is 5.32 Å². The normalized spacial score (nSPS) is 12.0. The van der Waals surface area contributed by atoms with Crippen LogP contribution in [-0.4, -0.2) is 26.3 Å². The van der Waals surface area contributed by atoms with Gasteiger partial charge >= 0.3 is 0 Å². The Kier molecular flexibility index (Phi) is 5.55. The number of pyridine rings is 1. The van der Waals surface area contributed by atoms with Crippen molar-refractivity contribution in [2.24, 2.45) is 0 Å². The number of nitrogens with one attached hydrogen (secondary N) is 2. The van der Waals surface area contributed by atoms with Crippen LogP contribution in [0.1, 0.15) is 12.5 Å². The fraction of sp³-hybridized carbons (Fsp3) is 0.167. The van der Waals surface area contributed by atoms with E-state index in [-0.39, 0.29) is 11.2 Å². The lowest BCUT2D eigenvalue weighted by molar-refractivity contribution is -0.115. The summed E-state index contributed by atoms with van der Waals surface area (Å²) in [5, 5.41) is 9.90. The Morgan fingerprint density at radius 3 is 2.56 bits per heavy atom. The summed E-state index contributed by atoms with van der Waals surface area (Å²) in [6, 6.07) is 11.7. The monoisotopic (exact) mass is 416 g/mol. The first kappa shape index (κ1) is 17.7. The molecule has 0 saturated heterocycles. The maximum absolute atomic E-state index is 12.5. The number of benzene rings is 1. The highest BCUT2D eigenvalue weighted by atomic mass is 79.9. The number of amides is 1. The van der Waals surface area contributed by atoms with Gasteiger partial charge in [0, 0.05) is 32.9 Å². The molecule has 1 amide bonds. The zero-order chi connectivity index (χ0) is 17.8. The molecule has 1 unspecified atom stereocenters. The van der Waals surface area contributed by atoms with E-state index in [4.69, 9.17) is 0 Å². The van der Waals surface area contributed by atoms with Gasteiger partial charge in [0.1, 0.15) is 0 Å². The minimum atomic E-state index is -0.235. The number of rotatable bonds is 5. The van der Waals surface area contributed by atoms with E-state index in [1.165, 1.54) is 11.8 Å². The van der Waals surface area contributed by atoms with E-state index in [1.54, 1.807) is 12.4 Å². The van der Waals surface area contributed by atoms with Gasteiger partial charge in [0.05, 0.1) is 10.9 Å². The SMILES string of the molecule is Cc1c(NC(=O)C(C)Sc2ccc(Br)cc2)n[nH]c1-c1ccncc1. The summed E-state index contributed by atoms with van der Waals surface area (Å²) < 4.78 is 1.02. The van der Waals surface area contributed by atoms with Crippen molar-refractivity contribution in [1.82, 2.24) is 15.2 Å². The van der Waals surface area contributed by atoms with Crippen molar-refractivity contribution in [3.63, 3.8) is 0 Å². The molecule has 128 valence electrons. The van der Waals surface area contributed by atoms with E-state index in [2.05, 4.69) is 36.4 Å². The van der Waals surface area contributed by atoms with E-state index < -0.39 is 0 Å². The Labute approximate surface area is 158 Å². The lowest BCUT2D eigenvalue weighted by atomic mass is 10.1. The molecule has 5 nitrogen and oxygen atoms in total. The number of aromatic amines is 1. The minimum Gasteiger partial charge on any atom is -0.308 e. The van der Waals surface area contributed by atoms with Crippen molar-refractivity contribution >= 4 is 39.4 Å². The minimum absolute atomic E-state index is 0.0798. The first-order chi connectivity index (χ1) is 12.0. The first-order valence-corrected chi connectivity index (χ1v) is 9.40. The zero-order valence-corrected chi connectivity index (χ0v) is 16.2. The number of H-pyrrole nitrogens is 1. The second-order valence-corrected chi connectivity index (χ2v) is 7.84. The summed E-state index contributed by atoms with van der Waals surface area (Å²) in [5.74, 6) is 0.476. The van der Waals surface area contributed by atoms with Crippen LogP contribution in [0.4, 0.5) is 5.82 Å². The highest BCUT2D eigenvalue weighted by Crippen LogP contribution is 2.28. The highest BCUT2D eigenvalue weighted by Gasteiger charge is 2.18. The third-order valence-corrected chi connectivity index (χ3v) is 5.36. The van der Waals surface area contributed by atoms with Crippen LogP contribution >= 0.6 is 27.7 Å². The van der Waals surface area contributed by atoms with Gasteiger partial charge in [-0.05, 0) is 50.2 Å². The van der Waals surface area contributed by atoms with E-state index in [1.807, 2.05) is 50.2 Å². The average molecular weight is 417 g/mol. The third kappa shape index (κ3) is 4.29. The molecular formula is C18H17BrN4OS. The number of carbonyl (C=O) groups is 1. The Bertz CT molecular complexity index is 865. The average Bonchev–Trinajstić information content (AvgIpc) is 2.98. The molecule has 3 rings (SSSR count). The molecule has 2 aromatic heterocycles. The number of thioether (sulfide) groups is 1. The first-order valence-electron chi connectivity index (χ1n) is 7.73. The zero-order valence-electron chi connectivity index (χ0n) is 13.8. The third-order valence-electron chi connectivity index (χ3n) is 3.72. The summed E-state index contributed by atoms with van der Waals surface area (Å²) in [5.41, 5.74) is 2.77. The molecule has 2 heterocycles. The van der Waals surface area contributed by atoms with Crippen molar-refractivity contribution in [1.29, 1.82) is 0 Å².